The fraction of sp³-hybridized carbons (Fsp3) is 0.278. The van der Waals surface area contributed by atoms with Gasteiger partial charge in [0.25, 0.3) is 0 Å². The van der Waals surface area contributed by atoms with E-state index >= 15 is 0 Å². The number of esters is 1. The number of amides is 1. The molecule has 2 aliphatic heterocycles. The quantitative estimate of drug-likeness (QED) is 0.593. The van der Waals surface area contributed by atoms with Crippen LogP contribution in [-0.4, -0.2) is 33.8 Å². The van der Waals surface area contributed by atoms with Crippen molar-refractivity contribution >= 4 is 40.4 Å². The Balaban J connectivity index is 2.15. The van der Waals surface area contributed by atoms with Crippen LogP contribution in [0.4, 0.5) is 0 Å². The maximum Gasteiger partial charge on any atom is 0.338 e. The van der Waals surface area contributed by atoms with Crippen molar-refractivity contribution < 1.29 is 14.3 Å². The highest BCUT2D eigenvalue weighted by molar-refractivity contribution is 8.15. The van der Waals surface area contributed by atoms with E-state index in [1.165, 1.54) is 17.8 Å². The van der Waals surface area contributed by atoms with Crippen LogP contribution >= 0.6 is 23.4 Å². The van der Waals surface area contributed by atoms with Gasteiger partial charge < -0.3 is 4.74 Å². The van der Waals surface area contributed by atoms with E-state index in [2.05, 4.69) is 11.6 Å². The lowest BCUT2D eigenvalue weighted by Crippen LogP contribution is -2.40. The molecule has 0 N–H and O–H groups in total. The summed E-state index contributed by atoms with van der Waals surface area (Å²) in [5.74, 6) is -0.627. The Bertz CT molecular complexity index is 818. The van der Waals surface area contributed by atoms with Crippen LogP contribution in [0.2, 0.25) is 5.02 Å². The zero-order valence-corrected chi connectivity index (χ0v) is 15.4. The molecule has 1 fully saturated rings. The van der Waals surface area contributed by atoms with Gasteiger partial charge in [-0.2, -0.15) is 0 Å². The van der Waals surface area contributed by atoms with Gasteiger partial charge in [0.1, 0.15) is 6.61 Å². The first kappa shape index (κ1) is 17.8. The largest absolute Gasteiger partial charge is 0.458 e. The summed E-state index contributed by atoms with van der Waals surface area (Å²) in [6.45, 7) is 7.20. The zero-order valence-electron chi connectivity index (χ0n) is 13.9. The molecular formula is C18H17ClN2O3S. The third kappa shape index (κ3) is 3.12. The van der Waals surface area contributed by atoms with Gasteiger partial charge in [-0.15, -0.1) is 0 Å². The van der Waals surface area contributed by atoms with Crippen molar-refractivity contribution in [1.82, 2.24) is 4.90 Å². The van der Waals surface area contributed by atoms with Crippen molar-refractivity contribution in [3.63, 3.8) is 0 Å². The SMILES string of the molecule is C=CCOC(=O)C1=C(C)N=C2SC(C)C(=O)N2C1c1ccccc1Cl. The van der Waals surface area contributed by atoms with Crippen LogP contribution in [0, 0.1) is 0 Å². The van der Waals surface area contributed by atoms with Crippen molar-refractivity contribution in [2.24, 2.45) is 4.99 Å². The number of carbonyl (C=O) groups excluding carboxylic acids is 2. The van der Waals surface area contributed by atoms with Crippen LogP contribution in [0.25, 0.3) is 0 Å². The van der Waals surface area contributed by atoms with Crippen LogP contribution in [0.15, 0.2) is 53.2 Å². The summed E-state index contributed by atoms with van der Waals surface area (Å²) >= 11 is 7.76. The Morgan fingerprint density at radius 3 is 2.88 bits per heavy atom. The summed E-state index contributed by atoms with van der Waals surface area (Å²) in [7, 11) is 0. The lowest BCUT2D eigenvalue weighted by molar-refractivity contribution is -0.139. The molecule has 130 valence electrons. The standard InChI is InChI=1S/C18H17ClN2O3S/c1-4-9-24-17(23)14-10(2)20-18-21(16(22)11(3)25-18)15(14)12-7-5-6-8-13(12)19/h4-8,11,15H,1,9H2,2-3H3. The molecule has 0 aromatic heterocycles. The van der Waals surface area contributed by atoms with E-state index < -0.39 is 12.0 Å². The molecule has 0 aliphatic carbocycles. The first-order chi connectivity index (χ1) is 12.0. The van der Waals surface area contributed by atoms with E-state index in [1.54, 1.807) is 24.0 Å². The molecule has 0 bridgehead atoms. The van der Waals surface area contributed by atoms with Gasteiger partial charge in [-0.05, 0) is 25.5 Å². The smallest absolute Gasteiger partial charge is 0.338 e. The second kappa shape index (κ2) is 7.06. The number of aliphatic imine (C=N–C) groups is 1. The van der Waals surface area contributed by atoms with E-state index in [9.17, 15) is 9.59 Å². The fourth-order valence-electron chi connectivity index (χ4n) is 2.87. The molecule has 2 unspecified atom stereocenters. The minimum absolute atomic E-state index is 0.0839. The minimum atomic E-state index is -0.650. The van der Waals surface area contributed by atoms with Crippen LogP contribution in [-0.2, 0) is 14.3 Å². The van der Waals surface area contributed by atoms with Gasteiger partial charge in [-0.25, -0.2) is 9.79 Å². The third-order valence-corrected chi connectivity index (χ3v) is 5.41. The summed E-state index contributed by atoms with van der Waals surface area (Å²) in [6.07, 6.45) is 1.49. The van der Waals surface area contributed by atoms with Gasteiger partial charge in [-0.3, -0.25) is 9.69 Å². The molecule has 0 saturated carbocycles. The number of hydrogen-bond acceptors (Lipinski definition) is 5. The molecular weight excluding hydrogens is 360 g/mol. The molecule has 0 radical (unpaired) electrons. The highest BCUT2D eigenvalue weighted by atomic mass is 35.5. The van der Waals surface area contributed by atoms with Crippen molar-refractivity contribution in [1.29, 1.82) is 0 Å². The summed E-state index contributed by atoms with van der Waals surface area (Å²) in [6, 6.07) is 6.53. The number of fused-ring (bicyclic) bond motifs is 1. The van der Waals surface area contributed by atoms with E-state index in [1.807, 2.05) is 19.1 Å². The maximum atomic E-state index is 12.7. The third-order valence-electron chi connectivity index (χ3n) is 4.01. The fourth-order valence-corrected chi connectivity index (χ4v) is 4.14. The molecule has 1 aromatic carbocycles. The molecule has 2 atom stereocenters. The predicted octanol–water partition coefficient (Wildman–Crippen LogP) is 3.72. The molecule has 1 saturated heterocycles. The van der Waals surface area contributed by atoms with Crippen molar-refractivity contribution in [3.8, 4) is 0 Å². The van der Waals surface area contributed by atoms with E-state index in [0.29, 0.717) is 27.0 Å². The summed E-state index contributed by atoms with van der Waals surface area (Å²) in [4.78, 5) is 31.4. The topological polar surface area (TPSA) is 59.0 Å². The van der Waals surface area contributed by atoms with Crippen molar-refractivity contribution in [2.75, 3.05) is 6.61 Å². The Hall–Kier alpha value is -2.05. The molecule has 1 amide bonds. The second-order valence-electron chi connectivity index (χ2n) is 5.67. The Morgan fingerprint density at radius 2 is 2.20 bits per heavy atom. The van der Waals surface area contributed by atoms with Crippen LogP contribution < -0.4 is 0 Å². The molecule has 5 nitrogen and oxygen atoms in total. The highest BCUT2D eigenvalue weighted by Crippen LogP contribution is 2.44. The van der Waals surface area contributed by atoms with E-state index in [4.69, 9.17) is 16.3 Å². The molecule has 2 aliphatic rings. The number of thioether (sulfide) groups is 1. The molecule has 1 aromatic rings. The monoisotopic (exact) mass is 376 g/mol. The number of ether oxygens (including phenoxy) is 1. The summed E-state index contributed by atoms with van der Waals surface area (Å²) in [5.41, 5.74) is 1.52. The molecule has 25 heavy (non-hydrogen) atoms. The van der Waals surface area contributed by atoms with Crippen LogP contribution in [0.1, 0.15) is 25.5 Å². The van der Waals surface area contributed by atoms with Crippen molar-refractivity contribution in [2.45, 2.75) is 25.1 Å². The summed E-state index contributed by atoms with van der Waals surface area (Å²) in [5, 5.41) is 0.799. The number of benzene rings is 1. The minimum Gasteiger partial charge on any atom is -0.458 e. The Kier molecular flexibility index (Phi) is 5.01. The van der Waals surface area contributed by atoms with Crippen LogP contribution in [0.3, 0.4) is 0 Å². The molecule has 0 spiro atoms. The number of amidine groups is 1. The number of allylic oxidation sites excluding steroid dienone is 1. The maximum absolute atomic E-state index is 12.7. The first-order valence-electron chi connectivity index (χ1n) is 7.77. The van der Waals surface area contributed by atoms with Gasteiger partial charge >= 0.3 is 5.97 Å². The normalized spacial score (nSPS) is 22.6. The average molecular weight is 377 g/mol. The summed E-state index contributed by atoms with van der Waals surface area (Å²) < 4.78 is 5.23. The number of nitrogens with zero attached hydrogens (tertiary/aromatic N) is 2. The lowest BCUT2D eigenvalue weighted by Gasteiger charge is -2.33. The van der Waals surface area contributed by atoms with Crippen molar-refractivity contribution in [3.05, 3.63) is 58.8 Å². The Morgan fingerprint density at radius 1 is 1.48 bits per heavy atom. The number of hydrogen-bond donors (Lipinski definition) is 0. The van der Waals surface area contributed by atoms with Gasteiger partial charge in [0.15, 0.2) is 5.17 Å². The highest BCUT2D eigenvalue weighted by Gasteiger charge is 2.46. The second-order valence-corrected chi connectivity index (χ2v) is 7.39. The van der Waals surface area contributed by atoms with E-state index in [0.717, 1.165) is 0 Å². The van der Waals surface area contributed by atoms with Gasteiger partial charge in [0.2, 0.25) is 5.91 Å². The first-order valence-corrected chi connectivity index (χ1v) is 9.03. The molecule has 7 heteroatoms. The number of halogens is 1. The number of carbonyl (C=O) groups is 2. The lowest BCUT2D eigenvalue weighted by atomic mass is 9.94. The van der Waals surface area contributed by atoms with Gasteiger partial charge in [-0.1, -0.05) is 54.2 Å². The van der Waals surface area contributed by atoms with E-state index in [-0.39, 0.29) is 17.8 Å². The average Bonchev–Trinajstić information content (AvgIpc) is 2.86. The number of rotatable bonds is 4. The molecule has 3 rings (SSSR count). The Labute approximate surface area is 155 Å². The predicted molar refractivity (Wildman–Crippen MR) is 99.4 cm³/mol. The molecule has 2 heterocycles. The zero-order chi connectivity index (χ0) is 18.1. The van der Waals surface area contributed by atoms with Gasteiger partial charge in [0.05, 0.1) is 22.6 Å². The van der Waals surface area contributed by atoms with Gasteiger partial charge in [0, 0.05) is 5.02 Å². The van der Waals surface area contributed by atoms with Crippen LogP contribution in [0.5, 0.6) is 0 Å².